The quantitative estimate of drug-likeness (QED) is 0.643. The standard InChI is InChI=1S/C13H13N5OS/c19-12(17-18-8-15-16-13(18)20)6-5-9-7-14-11-4-2-1-3-10(9)11/h1-4,7-8,14H,5-6H2,(H,16,20)(H,17,19). The zero-order chi connectivity index (χ0) is 13.9. The molecule has 0 unspecified atom stereocenters. The Morgan fingerprint density at radius 3 is 3.05 bits per heavy atom. The second kappa shape index (κ2) is 5.30. The molecular weight excluding hydrogens is 274 g/mol. The first kappa shape index (κ1) is 12.6. The Morgan fingerprint density at radius 1 is 1.40 bits per heavy atom. The molecule has 6 nitrogen and oxygen atoms in total. The summed E-state index contributed by atoms with van der Waals surface area (Å²) in [5, 5.41) is 7.47. The molecule has 0 atom stereocenters. The van der Waals surface area contributed by atoms with Crippen LogP contribution in [0.2, 0.25) is 0 Å². The van der Waals surface area contributed by atoms with E-state index in [9.17, 15) is 4.79 Å². The minimum atomic E-state index is -0.104. The molecule has 2 heterocycles. The summed E-state index contributed by atoms with van der Waals surface area (Å²) in [4.78, 5) is 15.1. The number of para-hydroxylation sites is 1. The largest absolute Gasteiger partial charge is 0.361 e. The molecular formula is C13H13N5OS. The van der Waals surface area contributed by atoms with E-state index in [1.54, 1.807) is 0 Å². The number of carbonyl (C=O) groups excluding carboxylic acids is 1. The highest BCUT2D eigenvalue weighted by atomic mass is 32.1. The fourth-order valence-corrected chi connectivity index (χ4v) is 2.25. The minimum absolute atomic E-state index is 0.104. The summed E-state index contributed by atoms with van der Waals surface area (Å²) >= 11 is 4.96. The highest BCUT2D eigenvalue weighted by Gasteiger charge is 2.07. The maximum Gasteiger partial charge on any atom is 0.239 e. The number of nitrogens with one attached hydrogen (secondary N) is 3. The van der Waals surface area contributed by atoms with Crippen LogP contribution < -0.4 is 5.43 Å². The molecule has 3 N–H and O–H groups in total. The van der Waals surface area contributed by atoms with Gasteiger partial charge in [0.05, 0.1) is 0 Å². The molecule has 0 fully saturated rings. The van der Waals surface area contributed by atoms with Crippen LogP contribution in [0.3, 0.4) is 0 Å². The number of rotatable bonds is 4. The van der Waals surface area contributed by atoms with Crippen LogP contribution in [0.4, 0.5) is 0 Å². The number of carbonyl (C=O) groups is 1. The number of nitrogens with zero attached hydrogens (tertiary/aromatic N) is 2. The Bertz CT molecular complexity index is 800. The summed E-state index contributed by atoms with van der Waals surface area (Å²) in [5.74, 6) is -0.104. The second-order valence-corrected chi connectivity index (χ2v) is 4.81. The number of aromatic amines is 2. The summed E-state index contributed by atoms with van der Waals surface area (Å²) in [6, 6.07) is 8.04. The normalized spacial score (nSPS) is 10.8. The van der Waals surface area contributed by atoms with E-state index in [0.29, 0.717) is 17.6 Å². The average Bonchev–Trinajstić information content (AvgIpc) is 3.04. The highest BCUT2D eigenvalue weighted by molar-refractivity contribution is 7.71. The molecule has 102 valence electrons. The highest BCUT2D eigenvalue weighted by Crippen LogP contribution is 2.18. The lowest BCUT2D eigenvalue weighted by Crippen LogP contribution is -2.22. The first-order valence-electron chi connectivity index (χ1n) is 6.21. The number of hydrogen-bond acceptors (Lipinski definition) is 3. The molecule has 0 radical (unpaired) electrons. The molecule has 0 aliphatic rings. The maximum atomic E-state index is 11.9. The predicted molar refractivity (Wildman–Crippen MR) is 78.4 cm³/mol. The second-order valence-electron chi connectivity index (χ2n) is 4.43. The number of fused-ring (bicyclic) bond motifs is 1. The monoisotopic (exact) mass is 287 g/mol. The lowest BCUT2D eigenvalue weighted by Gasteiger charge is -2.04. The van der Waals surface area contributed by atoms with E-state index in [2.05, 4.69) is 20.6 Å². The SMILES string of the molecule is O=C(CCc1c[nH]c2ccccc12)Nn1cn[nH]c1=S. The van der Waals surface area contributed by atoms with E-state index < -0.39 is 0 Å². The molecule has 2 aromatic heterocycles. The smallest absolute Gasteiger partial charge is 0.239 e. The average molecular weight is 287 g/mol. The zero-order valence-corrected chi connectivity index (χ0v) is 11.4. The summed E-state index contributed by atoms with van der Waals surface area (Å²) in [5.41, 5.74) is 4.88. The molecule has 0 saturated carbocycles. The lowest BCUT2D eigenvalue weighted by molar-refractivity contribution is -0.117. The van der Waals surface area contributed by atoms with Crippen molar-refractivity contribution < 1.29 is 4.79 Å². The van der Waals surface area contributed by atoms with Gasteiger partial charge < -0.3 is 4.98 Å². The van der Waals surface area contributed by atoms with E-state index in [1.807, 2.05) is 30.5 Å². The number of aromatic nitrogens is 4. The topological polar surface area (TPSA) is 78.5 Å². The molecule has 20 heavy (non-hydrogen) atoms. The van der Waals surface area contributed by atoms with Crippen LogP contribution in [0.1, 0.15) is 12.0 Å². The van der Waals surface area contributed by atoms with Crippen molar-refractivity contribution in [3.05, 3.63) is 47.1 Å². The molecule has 0 aliphatic heterocycles. The van der Waals surface area contributed by atoms with Gasteiger partial charge in [-0.05, 0) is 30.3 Å². The van der Waals surface area contributed by atoms with Gasteiger partial charge >= 0.3 is 0 Å². The summed E-state index contributed by atoms with van der Waals surface area (Å²) in [6.07, 6.45) is 4.43. The van der Waals surface area contributed by atoms with Crippen molar-refractivity contribution in [2.24, 2.45) is 0 Å². The van der Waals surface area contributed by atoms with Crippen LogP contribution in [0.15, 0.2) is 36.8 Å². The third-order valence-corrected chi connectivity index (χ3v) is 3.38. The van der Waals surface area contributed by atoms with Gasteiger partial charge in [0.25, 0.3) is 0 Å². The number of H-pyrrole nitrogens is 2. The van der Waals surface area contributed by atoms with E-state index in [4.69, 9.17) is 12.2 Å². The molecule has 7 heteroatoms. The van der Waals surface area contributed by atoms with E-state index >= 15 is 0 Å². The number of amides is 1. The van der Waals surface area contributed by atoms with Gasteiger partial charge in [0.15, 0.2) is 0 Å². The van der Waals surface area contributed by atoms with Crippen LogP contribution in [-0.2, 0) is 11.2 Å². The van der Waals surface area contributed by atoms with E-state index in [0.717, 1.165) is 16.5 Å². The van der Waals surface area contributed by atoms with Gasteiger partial charge in [-0.25, -0.2) is 4.68 Å². The molecule has 0 spiro atoms. The van der Waals surface area contributed by atoms with Crippen molar-refractivity contribution in [2.45, 2.75) is 12.8 Å². The van der Waals surface area contributed by atoms with Gasteiger partial charge in [-0.3, -0.25) is 15.3 Å². The van der Waals surface area contributed by atoms with Gasteiger partial charge in [-0.15, -0.1) is 0 Å². The third kappa shape index (κ3) is 2.48. The molecule has 0 saturated heterocycles. The van der Waals surface area contributed by atoms with Crippen molar-refractivity contribution in [3.63, 3.8) is 0 Å². The van der Waals surface area contributed by atoms with Crippen LogP contribution in [0, 0.1) is 4.77 Å². The predicted octanol–water partition coefficient (Wildman–Crippen LogP) is 2.12. The molecule has 3 aromatic rings. The van der Waals surface area contributed by atoms with Crippen LogP contribution in [0.25, 0.3) is 10.9 Å². The van der Waals surface area contributed by atoms with Gasteiger partial charge in [-0.2, -0.15) is 5.10 Å². The van der Waals surface area contributed by atoms with Crippen molar-refractivity contribution in [3.8, 4) is 0 Å². The summed E-state index contributed by atoms with van der Waals surface area (Å²) in [7, 11) is 0. The minimum Gasteiger partial charge on any atom is -0.361 e. The molecule has 0 bridgehead atoms. The van der Waals surface area contributed by atoms with Crippen LogP contribution >= 0.6 is 12.2 Å². The number of aryl methyl sites for hydroxylation is 1. The van der Waals surface area contributed by atoms with Gasteiger partial charge in [0, 0.05) is 23.5 Å². The first-order valence-corrected chi connectivity index (χ1v) is 6.62. The van der Waals surface area contributed by atoms with Crippen molar-refractivity contribution in [2.75, 3.05) is 5.43 Å². The Morgan fingerprint density at radius 2 is 2.25 bits per heavy atom. The van der Waals surface area contributed by atoms with Crippen LogP contribution in [0.5, 0.6) is 0 Å². The van der Waals surface area contributed by atoms with Gasteiger partial charge in [-0.1, -0.05) is 18.2 Å². The van der Waals surface area contributed by atoms with Gasteiger partial charge in [0.1, 0.15) is 6.33 Å². The number of benzene rings is 1. The van der Waals surface area contributed by atoms with E-state index in [1.165, 1.54) is 11.0 Å². The Labute approximate surface area is 119 Å². The molecule has 0 aliphatic carbocycles. The zero-order valence-electron chi connectivity index (χ0n) is 10.6. The summed E-state index contributed by atoms with van der Waals surface area (Å²) in [6.45, 7) is 0. The Balaban J connectivity index is 1.66. The Kier molecular flexibility index (Phi) is 3.34. The Hall–Kier alpha value is -2.41. The lowest BCUT2D eigenvalue weighted by atomic mass is 10.1. The maximum absolute atomic E-state index is 11.9. The van der Waals surface area contributed by atoms with Crippen LogP contribution in [-0.4, -0.2) is 25.8 Å². The van der Waals surface area contributed by atoms with Gasteiger partial charge in [0.2, 0.25) is 10.7 Å². The molecule has 3 rings (SSSR count). The first-order chi connectivity index (χ1) is 9.74. The van der Waals surface area contributed by atoms with Crippen molar-refractivity contribution >= 4 is 29.0 Å². The molecule has 1 aromatic carbocycles. The fraction of sp³-hybridized carbons (Fsp3) is 0.154. The fourth-order valence-electron chi connectivity index (χ4n) is 2.10. The van der Waals surface area contributed by atoms with E-state index in [-0.39, 0.29) is 5.91 Å². The third-order valence-electron chi connectivity index (χ3n) is 3.09. The van der Waals surface area contributed by atoms with Crippen molar-refractivity contribution in [1.29, 1.82) is 0 Å². The molecule has 1 amide bonds. The number of hydrogen-bond donors (Lipinski definition) is 3. The van der Waals surface area contributed by atoms with Crippen molar-refractivity contribution in [1.82, 2.24) is 19.9 Å². The summed E-state index contributed by atoms with van der Waals surface area (Å²) < 4.78 is 1.76.